The van der Waals surface area contributed by atoms with Gasteiger partial charge in [0.1, 0.15) is 11.5 Å². The maximum Gasteiger partial charge on any atom is 0.305 e. The number of esters is 1. The third-order valence-corrected chi connectivity index (χ3v) is 2.44. The van der Waals surface area contributed by atoms with Gasteiger partial charge < -0.3 is 10.5 Å². The Labute approximate surface area is 92.8 Å². The molecule has 2 heterocycles. The molecule has 0 aliphatic rings. The van der Waals surface area contributed by atoms with Crippen LogP contribution in [0.1, 0.15) is 12.1 Å². The SMILES string of the molecule is COC(=O)CCc1nc2ccccn2c1N. The molecule has 5 heteroatoms. The zero-order chi connectivity index (χ0) is 11.5. The largest absolute Gasteiger partial charge is 0.469 e. The van der Waals surface area contributed by atoms with Gasteiger partial charge in [-0.1, -0.05) is 6.07 Å². The van der Waals surface area contributed by atoms with Gasteiger partial charge in [0, 0.05) is 12.6 Å². The number of imidazole rings is 1. The number of hydrogen-bond acceptors (Lipinski definition) is 4. The van der Waals surface area contributed by atoms with E-state index in [0.717, 1.165) is 11.3 Å². The lowest BCUT2D eigenvalue weighted by Gasteiger charge is -1.98. The van der Waals surface area contributed by atoms with Crippen LogP contribution >= 0.6 is 0 Å². The number of rotatable bonds is 3. The number of fused-ring (bicyclic) bond motifs is 1. The van der Waals surface area contributed by atoms with Crippen LogP contribution in [-0.2, 0) is 16.0 Å². The molecule has 0 aromatic carbocycles. The van der Waals surface area contributed by atoms with Crippen LogP contribution in [0.5, 0.6) is 0 Å². The maximum absolute atomic E-state index is 11.0. The summed E-state index contributed by atoms with van der Waals surface area (Å²) in [6.45, 7) is 0. The van der Waals surface area contributed by atoms with Crippen molar-refractivity contribution in [2.45, 2.75) is 12.8 Å². The predicted molar refractivity (Wildman–Crippen MR) is 59.9 cm³/mol. The molecule has 0 unspecified atom stereocenters. The summed E-state index contributed by atoms with van der Waals surface area (Å²) in [7, 11) is 1.37. The minimum Gasteiger partial charge on any atom is -0.469 e. The molecule has 84 valence electrons. The molecule has 0 saturated heterocycles. The molecular formula is C11H13N3O2. The summed E-state index contributed by atoms with van der Waals surface area (Å²) in [6, 6.07) is 5.65. The first-order chi connectivity index (χ1) is 7.72. The Morgan fingerprint density at radius 2 is 2.38 bits per heavy atom. The smallest absolute Gasteiger partial charge is 0.305 e. The first-order valence-corrected chi connectivity index (χ1v) is 5.00. The van der Waals surface area contributed by atoms with E-state index in [1.54, 1.807) is 4.40 Å². The normalized spacial score (nSPS) is 10.6. The Balaban J connectivity index is 2.24. The highest BCUT2D eigenvalue weighted by atomic mass is 16.5. The van der Waals surface area contributed by atoms with Gasteiger partial charge in [-0.3, -0.25) is 9.20 Å². The summed E-state index contributed by atoms with van der Waals surface area (Å²) in [5.41, 5.74) is 7.44. The number of hydrogen-bond donors (Lipinski definition) is 1. The van der Waals surface area contributed by atoms with Gasteiger partial charge >= 0.3 is 5.97 Å². The van der Waals surface area contributed by atoms with E-state index >= 15 is 0 Å². The van der Waals surface area contributed by atoms with Gasteiger partial charge in [-0.05, 0) is 12.1 Å². The highest BCUT2D eigenvalue weighted by molar-refractivity contribution is 5.69. The van der Waals surface area contributed by atoms with E-state index < -0.39 is 0 Å². The quantitative estimate of drug-likeness (QED) is 0.782. The van der Waals surface area contributed by atoms with Gasteiger partial charge in [-0.15, -0.1) is 0 Å². The molecule has 0 fully saturated rings. The zero-order valence-electron chi connectivity index (χ0n) is 9.01. The molecule has 0 atom stereocenters. The van der Waals surface area contributed by atoms with Gasteiger partial charge in [-0.25, -0.2) is 4.98 Å². The molecule has 2 rings (SSSR count). The second-order valence-electron chi connectivity index (χ2n) is 3.45. The lowest BCUT2D eigenvalue weighted by molar-refractivity contribution is -0.140. The third kappa shape index (κ3) is 1.84. The first-order valence-electron chi connectivity index (χ1n) is 5.00. The number of nitrogen functional groups attached to an aromatic ring is 1. The lowest BCUT2D eigenvalue weighted by Crippen LogP contribution is -2.04. The molecule has 2 N–H and O–H groups in total. The molecule has 0 aliphatic heterocycles. The number of nitrogens with zero attached hydrogens (tertiary/aromatic N) is 2. The van der Waals surface area contributed by atoms with Crippen LogP contribution in [0.15, 0.2) is 24.4 Å². The number of methoxy groups -OCH3 is 1. The van der Waals surface area contributed by atoms with E-state index in [1.807, 2.05) is 24.4 Å². The summed E-state index contributed by atoms with van der Waals surface area (Å²) in [5.74, 6) is 0.330. The average molecular weight is 219 g/mol. The van der Waals surface area contributed by atoms with Crippen molar-refractivity contribution in [2.24, 2.45) is 0 Å². The van der Waals surface area contributed by atoms with Crippen molar-refractivity contribution in [1.82, 2.24) is 9.38 Å². The highest BCUT2D eigenvalue weighted by Crippen LogP contribution is 2.15. The Hall–Kier alpha value is -2.04. The fraction of sp³-hybridized carbons (Fsp3) is 0.273. The van der Waals surface area contributed by atoms with E-state index in [4.69, 9.17) is 5.73 Å². The molecule has 0 spiro atoms. The Kier molecular flexibility index (Phi) is 2.76. The molecule has 2 aromatic rings. The predicted octanol–water partition coefficient (Wildman–Crippen LogP) is 1.02. The van der Waals surface area contributed by atoms with Crippen molar-refractivity contribution in [1.29, 1.82) is 0 Å². The summed E-state index contributed by atoms with van der Waals surface area (Å²) in [5, 5.41) is 0. The number of aromatic nitrogens is 2. The van der Waals surface area contributed by atoms with E-state index in [1.165, 1.54) is 7.11 Å². The highest BCUT2D eigenvalue weighted by Gasteiger charge is 2.10. The van der Waals surface area contributed by atoms with Gasteiger partial charge in [0.25, 0.3) is 0 Å². The number of carbonyl (C=O) groups excluding carboxylic acids is 1. The summed E-state index contributed by atoms with van der Waals surface area (Å²) >= 11 is 0. The number of aryl methyl sites for hydroxylation is 1. The van der Waals surface area contributed by atoms with Crippen LogP contribution in [0, 0.1) is 0 Å². The second kappa shape index (κ2) is 4.22. The Morgan fingerprint density at radius 3 is 3.06 bits per heavy atom. The number of ether oxygens (including phenoxy) is 1. The van der Waals surface area contributed by atoms with Crippen LogP contribution in [0.25, 0.3) is 5.65 Å². The van der Waals surface area contributed by atoms with Crippen molar-refractivity contribution in [3.63, 3.8) is 0 Å². The third-order valence-electron chi connectivity index (χ3n) is 2.44. The van der Waals surface area contributed by atoms with Gasteiger partial charge in [0.2, 0.25) is 0 Å². The fourth-order valence-corrected chi connectivity index (χ4v) is 1.57. The number of anilines is 1. The topological polar surface area (TPSA) is 69.6 Å². The van der Waals surface area contributed by atoms with Crippen LogP contribution in [0.3, 0.4) is 0 Å². The minimum absolute atomic E-state index is 0.253. The fourth-order valence-electron chi connectivity index (χ4n) is 1.57. The van der Waals surface area contributed by atoms with E-state index in [9.17, 15) is 4.79 Å². The van der Waals surface area contributed by atoms with E-state index in [0.29, 0.717) is 18.7 Å². The van der Waals surface area contributed by atoms with E-state index in [-0.39, 0.29) is 5.97 Å². The van der Waals surface area contributed by atoms with Crippen LogP contribution < -0.4 is 5.73 Å². The van der Waals surface area contributed by atoms with Gasteiger partial charge in [0.05, 0.1) is 19.2 Å². The van der Waals surface area contributed by atoms with Crippen LogP contribution in [0.2, 0.25) is 0 Å². The Bertz CT molecular complexity index is 519. The van der Waals surface area contributed by atoms with E-state index in [2.05, 4.69) is 9.72 Å². The molecule has 0 amide bonds. The molecule has 5 nitrogen and oxygen atoms in total. The maximum atomic E-state index is 11.0. The van der Waals surface area contributed by atoms with Gasteiger partial charge in [-0.2, -0.15) is 0 Å². The standard InChI is InChI=1S/C11H13N3O2/c1-16-10(15)6-5-8-11(12)14-7-3-2-4-9(14)13-8/h2-4,7H,5-6,12H2,1H3. The van der Waals surface area contributed by atoms with Crippen molar-refractivity contribution in [2.75, 3.05) is 12.8 Å². The van der Waals surface area contributed by atoms with Crippen LogP contribution in [-0.4, -0.2) is 22.5 Å². The molecule has 0 bridgehead atoms. The summed E-state index contributed by atoms with van der Waals surface area (Å²) in [4.78, 5) is 15.4. The van der Waals surface area contributed by atoms with Gasteiger partial charge in [0.15, 0.2) is 0 Å². The monoisotopic (exact) mass is 219 g/mol. The lowest BCUT2D eigenvalue weighted by atomic mass is 10.2. The molecular weight excluding hydrogens is 206 g/mol. The number of pyridine rings is 1. The van der Waals surface area contributed by atoms with Crippen molar-refractivity contribution >= 4 is 17.4 Å². The molecule has 0 saturated carbocycles. The molecule has 2 aromatic heterocycles. The van der Waals surface area contributed by atoms with Crippen molar-refractivity contribution in [3.8, 4) is 0 Å². The summed E-state index contributed by atoms with van der Waals surface area (Å²) in [6.07, 6.45) is 2.64. The van der Waals surface area contributed by atoms with Crippen molar-refractivity contribution in [3.05, 3.63) is 30.1 Å². The van der Waals surface area contributed by atoms with Crippen LogP contribution in [0.4, 0.5) is 5.82 Å². The second-order valence-corrected chi connectivity index (χ2v) is 3.45. The zero-order valence-corrected chi connectivity index (χ0v) is 9.01. The van der Waals surface area contributed by atoms with Crippen molar-refractivity contribution < 1.29 is 9.53 Å². The molecule has 16 heavy (non-hydrogen) atoms. The molecule has 0 radical (unpaired) electrons. The minimum atomic E-state index is -0.253. The molecule has 0 aliphatic carbocycles. The summed E-state index contributed by atoms with van der Waals surface area (Å²) < 4.78 is 6.37. The number of nitrogens with two attached hydrogens (primary N) is 1. The average Bonchev–Trinajstić information content (AvgIpc) is 2.64. The first kappa shape index (κ1) is 10.5. The Morgan fingerprint density at radius 1 is 1.56 bits per heavy atom. The number of carbonyl (C=O) groups is 1.